The summed E-state index contributed by atoms with van der Waals surface area (Å²) in [7, 11) is 0. The van der Waals surface area contributed by atoms with Crippen molar-refractivity contribution in [2.24, 2.45) is 0 Å². The zero-order chi connectivity index (χ0) is 30.9. The van der Waals surface area contributed by atoms with Crippen LogP contribution in [0, 0.1) is 30.6 Å². The number of hydrogen-bond acceptors (Lipinski definition) is 1. The highest BCUT2D eigenvalue weighted by atomic mass is 15.1. The zero-order valence-electron chi connectivity index (χ0n) is 25.5. The van der Waals surface area contributed by atoms with Gasteiger partial charge in [-0.2, -0.15) is 0 Å². The van der Waals surface area contributed by atoms with Crippen LogP contribution in [-0.2, 0) is 0 Å². The Kier molecular flexibility index (Phi) is 6.92. The summed E-state index contributed by atoms with van der Waals surface area (Å²) in [5.41, 5.74) is 8.52. The molecule has 0 atom stereocenters. The Morgan fingerprint density at radius 3 is 1.33 bits per heavy atom. The fourth-order valence-electron chi connectivity index (χ4n) is 6.45. The lowest BCUT2D eigenvalue weighted by molar-refractivity contribution is 1.30. The van der Waals surface area contributed by atoms with Crippen molar-refractivity contribution in [3.8, 4) is 23.7 Å². The Morgan fingerprint density at radius 2 is 0.804 bits per heavy atom. The lowest BCUT2D eigenvalue weighted by Crippen LogP contribution is -2.11. The van der Waals surface area contributed by atoms with E-state index < -0.39 is 0 Å². The molecule has 1 nitrogen and oxygen atoms in total. The van der Waals surface area contributed by atoms with Crippen molar-refractivity contribution in [3.05, 3.63) is 186 Å². The maximum absolute atomic E-state index is 3.58. The van der Waals surface area contributed by atoms with Gasteiger partial charge in [0.1, 0.15) is 0 Å². The van der Waals surface area contributed by atoms with E-state index in [2.05, 4.69) is 157 Å². The quantitative estimate of drug-likeness (QED) is 0.148. The van der Waals surface area contributed by atoms with Gasteiger partial charge in [-0.05, 0) is 94.7 Å². The van der Waals surface area contributed by atoms with Gasteiger partial charge in [0.25, 0.3) is 0 Å². The smallest absolute Gasteiger partial charge is 0.0553 e. The molecule has 214 valence electrons. The van der Waals surface area contributed by atoms with Crippen molar-refractivity contribution in [2.45, 2.75) is 6.92 Å². The fraction of sp³-hybridized carbons (Fsp3) is 0.0222. The Bertz CT molecular complexity index is 2420. The number of hydrogen-bond donors (Lipinski definition) is 0. The molecule has 0 aliphatic heterocycles. The molecule has 0 radical (unpaired) electrons. The Hall–Kier alpha value is -6.28. The van der Waals surface area contributed by atoms with Gasteiger partial charge in [-0.25, -0.2) is 0 Å². The molecule has 0 unspecified atom stereocenters. The summed E-state index contributed by atoms with van der Waals surface area (Å²) in [5, 5.41) is 7.18. The van der Waals surface area contributed by atoms with E-state index in [0.717, 1.165) is 50.1 Å². The number of benzene rings is 8. The van der Waals surface area contributed by atoms with E-state index in [4.69, 9.17) is 0 Å². The Morgan fingerprint density at radius 1 is 0.391 bits per heavy atom. The van der Waals surface area contributed by atoms with Gasteiger partial charge in [0.2, 0.25) is 0 Å². The molecule has 46 heavy (non-hydrogen) atoms. The first kappa shape index (κ1) is 27.3. The second-order valence-corrected chi connectivity index (χ2v) is 11.5. The minimum Gasteiger partial charge on any atom is -0.310 e. The van der Waals surface area contributed by atoms with E-state index in [1.54, 1.807) is 0 Å². The molecule has 1 heteroatoms. The van der Waals surface area contributed by atoms with E-state index in [1.807, 2.05) is 36.4 Å². The van der Waals surface area contributed by atoms with E-state index >= 15 is 0 Å². The van der Waals surface area contributed by atoms with Gasteiger partial charge in [-0.15, -0.1) is 0 Å². The molecule has 0 amide bonds. The zero-order valence-corrected chi connectivity index (χ0v) is 25.5. The molecular weight excluding hydrogens is 555 g/mol. The summed E-state index contributed by atoms with van der Waals surface area (Å²) in [5.74, 6) is 14.0. The van der Waals surface area contributed by atoms with Crippen LogP contribution in [0.1, 0.15) is 27.8 Å². The van der Waals surface area contributed by atoms with Crippen LogP contribution in [0.4, 0.5) is 17.1 Å². The SMILES string of the molecule is Cc1cc(C#Cc2ccccc2)c2ccc3c(C#Cc4ccccc4)cc(N(c4ccccc4)c4ccccc4)c4ccc1c2c34. The first-order valence-corrected chi connectivity index (χ1v) is 15.5. The largest absolute Gasteiger partial charge is 0.310 e. The molecule has 8 aromatic rings. The molecular formula is C45H29N. The Balaban J connectivity index is 1.47. The number of anilines is 3. The minimum atomic E-state index is 0.993. The predicted molar refractivity (Wildman–Crippen MR) is 194 cm³/mol. The molecule has 0 heterocycles. The highest BCUT2D eigenvalue weighted by Gasteiger charge is 2.21. The summed E-state index contributed by atoms with van der Waals surface area (Å²) in [6.07, 6.45) is 0. The highest BCUT2D eigenvalue weighted by molar-refractivity contribution is 6.28. The molecule has 0 saturated heterocycles. The van der Waals surface area contributed by atoms with Crippen LogP contribution in [0.5, 0.6) is 0 Å². The van der Waals surface area contributed by atoms with Crippen molar-refractivity contribution in [1.82, 2.24) is 0 Å². The molecule has 0 spiro atoms. The average Bonchev–Trinajstić information content (AvgIpc) is 3.12. The first-order valence-electron chi connectivity index (χ1n) is 15.5. The third-order valence-electron chi connectivity index (χ3n) is 8.58. The highest BCUT2D eigenvalue weighted by Crippen LogP contribution is 2.46. The molecule has 0 N–H and O–H groups in total. The standard InChI is InChI=1S/C45H29N/c1-32-30-35(24-22-33-14-6-2-7-15-33)40-27-28-41-36(25-23-34-16-8-3-9-17-34)31-43(42-29-26-39(32)44(40)45(41)42)46(37-18-10-4-11-19-37)38-20-12-5-13-21-38/h2-21,26-31H,1H3. The van der Waals surface area contributed by atoms with E-state index in [1.165, 1.54) is 27.1 Å². The fourth-order valence-corrected chi connectivity index (χ4v) is 6.45. The third-order valence-corrected chi connectivity index (χ3v) is 8.58. The lowest BCUT2D eigenvalue weighted by atomic mass is 9.87. The van der Waals surface area contributed by atoms with Crippen LogP contribution in [0.15, 0.2) is 158 Å². The van der Waals surface area contributed by atoms with Crippen molar-refractivity contribution in [2.75, 3.05) is 4.90 Å². The summed E-state index contributed by atoms with van der Waals surface area (Å²) >= 11 is 0. The number of para-hydroxylation sites is 2. The van der Waals surface area contributed by atoms with Crippen LogP contribution >= 0.6 is 0 Å². The van der Waals surface area contributed by atoms with Crippen molar-refractivity contribution < 1.29 is 0 Å². The second-order valence-electron chi connectivity index (χ2n) is 11.5. The molecule has 0 aromatic heterocycles. The normalized spacial score (nSPS) is 10.8. The molecule has 0 fully saturated rings. The van der Waals surface area contributed by atoms with Crippen LogP contribution in [0.2, 0.25) is 0 Å². The van der Waals surface area contributed by atoms with Crippen LogP contribution in [-0.4, -0.2) is 0 Å². The molecule has 8 aromatic carbocycles. The summed E-state index contributed by atoms with van der Waals surface area (Å²) < 4.78 is 0. The number of nitrogens with zero attached hydrogens (tertiary/aromatic N) is 1. The van der Waals surface area contributed by atoms with Crippen molar-refractivity contribution in [1.29, 1.82) is 0 Å². The second kappa shape index (κ2) is 11.7. The van der Waals surface area contributed by atoms with Crippen LogP contribution < -0.4 is 4.90 Å². The summed E-state index contributed by atoms with van der Waals surface area (Å²) in [4.78, 5) is 2.35. The number of rotatable bonds is 3. The lowest BCUT2D eigenvalue weighted by Gasteiger charge is -2.28. The van der Waals surface area contributed by atoms with Crippen LogP contribution in [0.3, 0.4) is 0 Å². The van der Waals surface area contributed by atoms with E-state index in [0.29, 0.717) is 0 Å². The first-order chi connectivity index (χ1) is 22.7. The topological polar surface area (TPSA) is 3.24 Å². The average molecular weight is 584 g/mol. The van der Waals surface area contributed by atoms with Gasteiger partial charge in [0.05, 0.1) is 5.69 Å². The van der Waals surface area contributed by atoms with Gasteiger partial charge >= 0.3 is 0 Å². The van der Waals surface area contributed by atoms with Crippen LogP contribution in [0.25, 0.3) is 32.3 Å². The molecule has 0 aliphatic rings. The van der Waals surface area contributed by atoms with Crippen molar-refractivity contribution in [3.63, 3.8) is 0 Å². The minimum absolute atomic E-state index is 0.993. The van der Waals surface area contributed by atoms with Gasteiger partial charge in [0, 0.05) is 44.4 Å². The van der Waals surface area contributed by atoms with E-state index in [9.17, 15) is 0 Å². The van der Waals surface area contributed by atoms with Gasteiger partial charge < -0.3 is 4.90 Å². The molecule has 0 aliphatic carbocycles. The third kappa shape index (κ3) is 4.92. The molecule has 0 saturated carbocycles. The maximum Gasteiger partial charge on any atom is 0.0553 e. The van der Waals surface area contributed by atoms with Gasteiger partial charge in [0.15, 0.2) is 0 Å². The monoisotopic (exact) mass is 583 g/mol. The predicted octanol–water partition coefficient (Wildman–Crippen LogP) is 11.2. The summed E-state index contributed by atoms with van der Waals surface area (Å²) in [6, 6.07) is 55.1. The molecule has 8 rings (SSSR count). The van der Waals surface area contributed by atoms with E-state index in [-0.39, 0.29) is 0 Å². The number of aryl methyl sites for hydroxylation is 1. The maximum atomic E-state index is 3.58. The summed E-state index contributed by atoms with van der Waals surface area (Å²) in [6.45, 7) is 2.19. The van der Waals surface area contributed by atoms with Gasteiger partial charge in [-0.3, -0.25) is 0 Å². The molecule has 0 bridgehead atoms. The van der Waals surface area contributed by atoms with Gasteiger partial charge in [-0.1, -0.05) is 121 Å². The Labute approximate surface area is 269 Å². The van der Waals surface area contributed by atoms with Crippen molar-refractivity contribution >= 4 is 49.4 Å².